The third kappa shape index (κ3) is 4.35. The fourth-order valence-electron chi connectivity index (χ4n) is 3.26. The van der Waals surface area contributed by atoms with Crippen LogP contribution in [0.25, 0.3) is 0 Å². The van der Waals surface area contributed by atoms with Gasteiger partial charge in [-0.1, -0.05) is 44.9 Å². The number of rotatable bonds is 3. The number of likely N-dealkylation sites (tertiary alicyclic amines) is 1. The van der Waals surface area contributed by atoms with Crippen LogP contribution < -0.4 is 5.32 Å². The number of amides is 2. The topological polar surface area (TPSA) is 97.0 Å². The van der Waals surface area contributed by atoms with Gasteiger partial charge in [-0.3, -0.25) is 9.59 Å². The van der Waals surface area contributed by atoms with E-state index in [1.54, 1.807) is 13.8 Å². The van der Waals surface area contributed by atoms with Crippen LogP contribution in [0.4, 0.5) is 0 Å². The summed E-state index contributed by atoms with van der Waals surface area (Å²) in [6, 6.07) is 4.10. The number of carbonyl (C=O) groups is 2. The summed E-state index contributed by atoms with van der Waals surface area (Å²) in [6.45, 7) is 4.99. The molecule has 1 N–H and O–H groups in total. The van der Waals surface area contributed by atoms with Crippen molar-refractivity contribution >= 4 is 23.6 Å². The Bertz CT molecular complexity index is 649. The van der Waals surface area contributed by atoms with Crippen molar-refractivity contribution in [3.8, 4) is 12.1 Å². The summed E-state index contributed by atoms with van der Waals surface area (Å²) in [6.07, 6.45) is 5.59. The normalized spacial score (nSPS) is 23.8. The van der Waals surface area contributed by atoms with Gasteiger partial charge in [0, 0.05) is 18.5 Å². The molecule has 0 aromatic carbocycles. The molecule has 1 fully saturated rings. The maximum Gasteiger partial charge on any atom is 0.243 e. The smallest absolute Gasteiger partial charge is 0.243 e. The molecular weight excluding hydrogens is 336 g/mol. The van der Waals surface area contributed by atoms with Crippen LogP contribution in [-0.2, 0) is 9.59 Å². The molecule has 0 radical (unpaired) electrons. The van der Waals surface area contributed by atoms with Gasteiger partial charge in [0.05, 0.1) is 28.5 Å². The van der Waals surface area contributed by atoms with Gasteiger partial charge in [-0.2, -0.15) is 10.5 Å². The summed E-state index contributed by atoms with van der Waals surface area (Å²) in [5, 5.41) is 21.8. The van der Waals surface area contributed by atoms with Crippen molar-refractivity contribution in [3.63, 3.8) is 0 Å². The minimum atomic E-state index is -0.906. The lowest BCUT2D eigenvalue weighted by molar-refractivity contribution is -0.129. The van der Waals surface area contributed by atoms with Crippen molar-refractivity contribution in [2.45, 2.75) is 46.0 Å². The van der Waals surface area contributed by atoms with Crippen LogP contribution in [0.15, 0.2) is 10.6 Å². The first-order valence-corrected chi connectivity index (χ1v) is 9.66. The Kier molecular flexibility index (Phi) is 6.50. The SMILES string of the molecule is CC1(C)C(C#N)=C(SCC(=O)N2CCCCCCC2)NC(=O)C1C#N. The van der Waals surface area contributed by atoms with Gasteiger partial charge in [0.15, 0.2) is 0 Å². The van der Waals surface area contributed by atoms with E-state index in [0.29, 0.717) is 10.6 Å². The van der Waals surface area contributed by atoms with Gasteiger partial charge in [0.25, 0.3) is 0 Å². The number of nitrogens with one attached hydrogen (secondary N) is 1. The van der Waals surface area contributed by atoms with Crippen LogP contribution in [0.1, 0.15) is 46.0 Å². The molecule has 7 heteroatoms. The fraction of sp³-hybridized carbons (Fsp3) is 0.667. The number of hydrogen-bond donors (Lipinski definition) is 1. The predicted octanol–water partition coefficient (Wildman–Crippen LogP) is 2.54. The van der Waals surface area contributed by atoms with E-state index in [4.69, 9.17) is 0 Å². The minimum absolute atomic E-state index is 0.0335. The Morgan fingerprint density at radius 3 is 2.40 bits per heavy atom. The highest BCUT2D eigenvalue weighted by Crippen LogP contribution is 2.41. The highest BCUT2D eigenvalue weighted by atomic mass is 32.2. The van der Waals surface area contributed by atoms with Crippen molar-refractivity contribution in [2.24, 2.45) is 11.3 Å². The number of allylic oxidation sites excluding steroid dienone is 1. The molecule has 2 aliphatic rings. The van der Waals surface area contributed by atoms with Gasteiger partial charge < -0.3 is 10.2 Å². The van der Waals surface area contributed by atoms with Crippen molar-refractivity contribution in [3.05, 3.63) is 10.6 Å². The molecule has 1 saturated heterocycles. The van der Waals surface area contributed by atoms with Crippen molar-refractivity contribution < 1.29 is 9.59 Å². The molecule has 134 valence electrons. The molecule has 0 bridgehead atoms. The average Bonchev–Trinajstić information content (AvgIpc) is 2.51. The number of nitrogens with zero attached hydrogens (tertiary/aromatic N) is 3. The Labute approximate surface area is 153 Å². The zero-order chi connectivity index (χ0) is 18.4. The van der Waals surface area contributed by atoms with Gasteiger partial charge in [-0.05, 0) is 12.8 Å². The molecule has 1 unspecified atom stereocenters. The Morgan fingerprint density at radius 2 is 1.84 bits per heavy atom. The summed E-state index contributed by atoms with van der Waals surface area (Å²) in [5.74, 6) is -1.09. The Hall–Kier alpha value is -1.99. The largest absolute Gasteiger partial charge is 0.342 e. The standard InChI is InChI=1S/C18H24N4O2S/c1-18(2)13(10-19)16(24)21-17(14(18)11-20)25-12-15(23)22-8-6-4-3-5-7-9-22/h13H,3-9,12H2,1-2H3,(H,21,24). The molecule has 2 amide bonds. The summed E-state index contributed by atoms with van der Waals surface area (Å²) >= 11 is 1.19. The van der Waals surface area contributed by atoms with Crippen LogP contribution in [-0.4, -0.2) is 35.6 Å². The number of carbonyl (C=O) groups excluding carboxylic acids is 2. The molecule has 0 aliphatic carbocycles. The van der Waals surface area contributed by atoms with E-state index >= 15 is 0 Å². The number of thioether (sulfide) groups is 1. The van der Waals surface area contributed by atoms with E-state index < -0.39 is 17.2 Å². The molecule has 2 rings (SSSR count). The summed E-state index contributed by atoms with van der Waals surface area (Å²) in [4.78, 5) is 26.5. The molecular formula is C18H24N4O2S. The lowest BCUT2D eigenvalue weighted by Gasteiger charge is -2.34. The summed E-state index contributed by atoms with van der Waals surface area (Å²) in [5.41, 5.74) is -0.498. The second-order valence-corrected chi connectivity index (χ2v) is 8.01. The Balaban J connectivity index is 2.09. The molecule has 6 nitrogen and oxygen atoms in total. The van der Waals surface area contributed by atoms with Crippen LogP contribution in [0.3, 0.4) is 0 Å². The second-order valence-electron chi connectivity index (χ2n) is 7.03. The summed E-state index contributed by atoms with van der Waals surface area (Å²) < 4.78 is 0. The first-order valence-electron chi connectivity index (χ1n) is 8.67. The quantitative estimate of drug-likeness (QED) is 0.834. The van der Waals surface area contributed by atoms with Crippen LogP contribution in [0.2, 0.25) is 0 Å². The first-order chi connectivity index (χ1) is 11.9. The average molecular weight is 360 g/mol. The highest BCUT2D eigenvalue weighted by molar-refractivity contribution is 8.03. The maximum absolute atomic E-state index is 12.5. The minimum Gasteiger partial charge on any atom is -0.342 e. The molecule has 0 aromatic heterocycles. The maximum atomic E-state index is 12.5. The number of nitriles is 2. The molecule has 25 heavy (non-hydrogen) atoms. The van der Waals surface area contributed by atoms with E-state index in [1.807, 2.05) is 11.0 Å². The van der Waals surface area contributed by atoms with Crippen LogP contribution in [0.5, 0.6) is 0 Å². The number of hydrogen-bond acceptors (Lipinski definition) is 5. The van der Waals surface area contributed by atoms with Crippen molar-refractivity contribution in [2.75, 3.05) is 18.8 Å². The molecule has 0 saturated carbocycles. The lowest BCUT2D eigenvalue weighted by Crippen LogP contribution is -2.45. The molecule has 0 aromatic rings. The van der Waals surface area contributed by atoms with Crippen molar-refractivity contribution in [1.29, 1.82) is 10.5 Å². The van der Waals surface area contributed by atoms with E-state index in [1.165, 1.54) is 18.2 Å². The van der Waals surface area contributed by atoms with Crippen LogP contribution in [0, 0.1) is 34.0 Å². The fourth-order valence-corrected chi connectivity index (χ4v) is 4.33. The summed E-state index contributed by atoms with van der Waals surface area (Å²) in [7, 11) is 0. The molecule has 1 atom stereocenters. The van der Waals surface area contributed by atoms with Crippen LogP contribution >= 0.6 is 11.8 Å². The lowest BCUT2D eigenvalue weighted by atomic mass is 9.72. The second kappa shape index (κ2) is 8.40. The molecule has 2 aliphatic heterocycles. The van der Waals surface area contributed by atoms with E-state index in [9.17, 15) is 20.1 Å². The van der Waals surface area contributed by atoms with E-state index in [-0.39, 0.29) is 11.7 Å². The first kappa shape index (κ1) is 19.3. The third-order valence-electron chi connectivity index (χ3n) is 4.88. The third-order valence-corrected chi connectivity index (χ3v) is 5.87. The highest BCUT2D eigenvalue weighted by Gasteiger charge is 2.44. The van der Waals surface area contributed by atoms with Gasteiger partial charge >= 0.3 is 0 Å². The Morgan fingerprint density at radius 1 is 1.24 bits per heavy atom. The predicted molar refractivity (Wildman–Crippen MR) is 95.8 cm³/mol. The zero-order valence-electron chi connectivity index (χ0n) is 14.8. The van der Waals surface area contributed by atoms with Gasteiger partial charge in [0.2, 0.25) is 11.8 Å². The van der Waals surface area contributed by atoms with Gasteiger partial charge in [-0.15, -0.1) is 0 Å². The van der Waals surface area contributed by atoms with Gasteiger partial charge in [0.1, 0.15) is 5.92 Å². The van der Waals surface area contributed by atoms with Crippen molar-refractivity contribution in [1.82, 2.24) is 10.2 Å². The molecule has 2 heterocycles. The monoisotopic (exact) mass is 360 g/mol. The van der Waals surface area contributed by atoms with Gasteiger partial charge in [-0.25, -0.2) is 0 Å². The zero-order valence-corrected chi connectivity index (χ0v) is 15.6. The molecule has 0 spiro atoms. The van der Waals surface area contributed by atoms with E-state index in [0.717, 1.165) is 38.8 Å². The van der Waals surface area contributed by atoms with E-state index in [2.05, 4.69) is 11.4 Å².